The van der Waals surface area contributed by atoms with Gasteiger partial charge in [-0.1, -0.05) is 47.6 Å². The summed E-state index contributed by atoms with van der Waals surface area (Å²) in [6.07, 6.45) is 1.50. The Kier molecular flexibility index (Phi) is 3.75. The Morgan fingerprint density at radius 1 is 1.06 bits per heavy atom. The Hall–Kier alpha value is -1.51. The van der Waals surface area contributed by atoms with Crippen molar-refractivity contribution in [3.05, 3.63) is 28.8 Å². The molecular formula is C15H24N2O. The van der Waals surface area contributed by atoms with Crippen molar-refractivity contribution in [2.45, 2.75) is 52.4 Å². The molecule has 0 fully saturated rings. The summed E-state index contributed by atoms with van der Waals surface area (Å²) < 4.78 is 0. The third kappa shape index (κ3) is 3.03. The van der Waals surface area contributed by atoms with Crippen LogP contribution >= 0.6 is 0 Å². The van der Waals surface area contributed by atoms with Crippen molar-refractivity contribution in [1.29, 1.82) is 0 Å². The monoisotopic (exact) mass is 248 g/mol. The lowest BCUT2D eigenvalue weighted by Gasteiger charge is -2.26. The largest absolute Gasteiger partial charge is 0.507 e. The molecule has 0 radical (unpaired) electrons. The Morgan fingerprint density at radius 3 is 2.00 bits per heavy atom. The van der Waals surface area contributed by atoms with Crippen LogP contribution in [0.1, 0.15) is 58.2 Å². The molecule has 0 aliphatic heterocycles. The number of phenolic OH excluding ortho intramolecular Hbond substituents is 1. The number of hydrogen-bond acceptors (Lipinski definition) is 3. The van der Waals surface area contributed by atoms with Gasteiger partial charge in [-0.05, 0) is 22.5 Å². The number of hydrazone groups is 1. The lowest BCUT2D eigenvalue weighted by atomic mass is 9.79. The molecule has 1 rings (SSSR count). The number of aromatic hydroxyl groups is 1. The van der Waals surface area contributed by atoms with E-state index in [-0.39, 0.29) is 16.6 Å². The van der Waals surface area contributed by atoms with Crippen LogP contribution in [0, 0.1) is 0 Å². The molecule has 0 heterocycles. The molecule has 0 aliphatic rings. The highest BCUT2D eigenvalue weighted by molar-refractivity contribution is 5.84. The van der Waals surface area contributed by atoms with Gasteiger partial charge in [-0.2, -0.15) is 5.10 Å². The first-order valence-corrected chi connectivity index (χ1v) is 6.18. The first-order valence-electron chi connectivity index (χ1n) is 6.18. The number of benzene rings is 1. The first kappa shape index (κ1) is 14.6. The van der Waals surface area contributed by atoms with Gasteiger partial charge in [0.15, 0.2) is 0 Å². The third-order valence-electron chi connectivity index (χ3n) is 3.03. The average Bonchev–Trinajstić information content (AvgIpc) is 2.17. The van der Waals surface area contributed by atoms with Gasteiger partial charge in [0.2, 0.25) is 0 Å². The predicted molar refractivity (Wildman–Crippen MR) is 77.3 cm³/mol. The summed E-state index contributed by atoms with van der Waals surface area (Å²) >= 11 is 0. The van der Waals surface area contributed by atoms with Crippen LogP contribution in [0.5, 0.6) is 5.75 Å². The van der Waals surface area contributed by atoms with Gasteiger partial charge in [-0.15, -0.1) is 0 Å². The zero-order chi connectivity index (χ0) is 14.1. The molecule has 0 saturated carbocycles. The minimum absolute atomic E-state index is 0.0187. The fourth-order valence-corrected chi connectivity index (χ4v) is 1.84. The van der Waals surface area contributed by atoms with Crippen LogP contribution in [0.25, 0.3) is 0 Å². The Bertz CT molecular complexity index is 463. The van der Waals surface area contributed by atoms with Crippen molar-refractivity contribution in [1.82, 2.24) is 0 Å². The van der Waals surface area contributed by atoms with Crippen molar-refractivity contribution in [2.24, 2.45) is 10.9 Å². The summed E-state index contributed by atoms with van der Waals surface area (Å²) in [6.45, 7) is 12.7. The van der Waals surface area contributed by atoms with Crippen LogP contribution in [0.3, 0.4) is 0 Å². The van der Waals surface area contributed by atoms with E-state index in [0.717, 1.165) is 5.56 Å². The maximum Gasteiger partial charge on any atom is 0.128 e. The van der Waals surface area contributed by atoms with Crippen molar-refractivity contribution in [3.8, 4) is 5.75 Å². The molecule has 0 spiro atoms. The van der Waals surface area contributed by atoms with Gasteiger partial charge in [-0.3, -0.25) is 0 Å². The molecule has 3 N–H and O–H groups in total. The standard InChI is InChI=1S/C15H24N2O/c1-14(2,3)11-7-10(9-17-16)13(18)12(8-11)15(4,5)6/h7-9,18H,16H2,1-6H3. The molecule has 0 aliphatic carbocycles. The fourth-order valence-electron chi connectivity index (χ4n) is 1.84. The molecular weight excluding hydrogens is 224 g/mol. The highest BCUT2D eigenvalue weighted by Crippen LogP contribution is 2.36. The molecule has 0 bridgehead atoms. The topological polar surface area (TPSA) is 58.6 Å². The number of phenols is 1. The summed E-state index contributed by atoms with van der Waals surface area (Å²) in [5, 5.41) is 13.8. The van der Waals surface area contributed by atoms with E-state index in [1.807, 2.05) is 6.07 Å². The molecule has 18 heavy (non-hydrogen) atoms. The van der Waals surface area contributed by atoms with Crippen molar-refractivity contribution in [3.63, 3.8) is 0 Å². The molecule has 0 atom stereocenters. The second-order valence-electron chi connectivity index (χ2n) is 6.74. The quantitative estimate of drug-likeness (QED) is 0.455. The average molecular weight is 248 g/mol. The van der Waals surface area contributed by atoms with Crippen LogP contribution in [-0.2, 0) is 10.8 Å². The van der Waals surface area contributed by atoms with Crippen LogP contribution in [0.4, 0.5) is 0 Å². The predicted octanol–water partition coefficient (Wildman–Crippen LogP) is 3.28. The van der Waals surface area contributed by atoms with Crippen LogP contribution in [0.2, 0.25) is 0 Å². The van der Waals surface area contributed by atoms with E-state index in [1.54, 1.807) is 0 Å². The van der Waals surface area contributed by atoms with E-state index < -0.39 is 0 Å². The summed E-state index contributed by atoms with van der Waals surface area (Å²) in [4.78, 5) is 0. The number of nitrogens with two attached hydrogens (primary N) is 1. The number of nitrogens with zero attached hydrogens (tertiary/aromatic N) is 1. The van der Waals surface area contributed by atoms with Crippen molar-refractivity contribution < 1.29 is 5.11 Å². The third-order valence-corrected chi connectivity index (χ3v) is 3.03. The zero-order valence-corrected chi connectivity index (χ0v) is 12.2. The Morgan fingerprint density at radius 2 is 1.61 bits per heavy atom. The fraction of sp³-hybridized carbons (Fsp3) is 0.533. The molecule has 3 heteroatoms. The molecule has 1 aromatic carbocycles. The van der Waals surface area contributed by atoms with E-state index in [0.29, 0.717) is 5.56 Å². The normalized spacial score (nSPS) is 13.2. The maximum absolute atomic E-state index is 10.3. The highest BCUT2D eigenvalue weighted by Gasteiger charge is 2.24. The van der Waals surface area contributed by atoms with Crippen LogP contribution in [0.15, 0.2) is 17.2 Å². The van der Waals surface area contributed by atoms with Gasteiger partial charge in [0.1, 0.15) is 5.75 Å². The van der Waals surface area contributed by atoms with Crippen molar-refractivity contribution >= 4 is 6.21 Å². The van der Waals surface area contributed by atoms with E-state index in [1.165, 1.54) is 11.8 Å². The van der Waals surface area contributed by atoms with Crippen LogP contribution < -0.4 is 5.84 Å². The smallest absolute Gasteiger partial charge is 0.128 e. The van der Waals surface area contributed by atoms with E-state index in [2.05, 4.69) is 52.7 Å². The maximum atomic E-state index is 10.3. The molecule has 1 aromatic rings. The molecule has 0 aromatic heterocycles. The van der Waals surface area contributed by atoms with Gasteiger partial charge in [0.25, 0.3) is 0 Å². The van der Waals surface area contributed by atoms with E-state index in [9.17, 15) is 5.11 Å². The minimum atomic E-state index is -0.122. The first-order chi connectivity index (χ1) is 8.07. The zero-order valence-electron chi connectivity index (χ0n) is 12.2. The van der Waals surface area contributed by atoms with Gasteiger partial charge in [-0.25, -0.2) is 0 Å². The number of rotatable bonds is 1. The summed E-state index contributed by atoms with van der Waals surface area (Å²) in [5.74, 6) is 5.47. The van der Waals surface area contributed by atoms with E-state index in [4.69, 9.17) is 5.84 Å². The lowest BCUT2D eigenvalue weighted by Crippen LogP contribution is -2.17. The van der Waals surface area contributed by atoms with Gasteiger partial charge < -0.3 is 10.9 Å². The van der Waals surface area contributed by atoms with Crippen LogP contribution in [-0.4, -0.2) is 11.3 Å². The Balaban J connectivity index is 3.57. The Labute approximate surface area is 110 Å². The second-order valence-corrected chi connectivity index (χ2v) is 6.74. The SMILES string of the molecule is CC(C)(C)c1cc(C=NN)c(O)c(C(C)(C)C)c1. The highest BCUT2D eigenvalue weighted by atomic mass is 16.3. The summed E-state index contributed by atoms with van der Waals surface area (Å²) in [7, 11) is 0. The molecule has 0 saturated heterocycles. The number of hydrogen-bond donors (Lipinski definition) is 2. The lowest BCUT2D eigenvalue weighted by molar-refractivity contribution is 0.444. The van der Waals surface area contributed by atoms with E-state index >= 15 is 0 Å². The van der Waals surface area contributed by atoms with Gasteiger partial charge in [0.05, 0.1) is 6.21 Å². The molecule has 0 unspecified atom stereocenters. The second kappa shape index (κ2) is 4.63. The van der Waals surface area contributed by atoms with Gasteiger partial charge >= 0.3 is 0 Å². The van der Waals surface area contributed by atoms with Gasteiger partial charge in [0, 0.05) is 11.1 Å². The van der Waals surface area contributed by atoms with Crippen molar-refractivity contribution in [2.75, 3.05) is 0 Å². The summed E-state index contributed by atoms with van der Waals surface area (Å²) in [6, 6.07) is 4.02. The minimum Gasteiger partial charge on any atom is -0.507 e. The molecule has 100 valence electrons. The summed E-state index contributed by atoms with van der Waals surface area (Å²) in [5.41, 5.74) is 2.66. The molecule has 3 nitrogen and oxygen atoms in total. The molecule has 0 amide bonds.